The molecule has 2 aromatic carbocycles. The van der Waals surface area contributed by atoms with E-state index in [9.17, 15) is 0 Å². The van der Waals surface area contributed by atoms with Crippen molar-refractivity contribution in [2.75, 3.05) is 39.7 Å². The number of benzene rings is 2. The number of ether oxygens (including phenoxy) is 4. The fraction of sp³-hybridized carbons (Fsp3) is 0.381. The minimum Gasteiger partial charge on any atom is -0.493 e. The lowest BCUT2D eigenvalue weighted by Gasteiger charge is -2.19. The number of hydrogen-bond acceptors (Lipinski definition) is 5. The molecule has 0 bridgehead atoms. The van der Waals surface area contributed by atoms with Crippen molar-refractivity contribution >= 4 is 35.6 Å². The van der Waals surface area contributed by atoms with Crippen LogP contribution in [0.4, 0.5) is 5.69 Å². The maximum atomic E-state index is 5.95. The second kappa shape index (κ2) is 13.0. The van der Waals surface area contributed by atoms with Gasteiger partial charge in [-0.25, -0.2) is 0 Å². The molecule has 0 aliphatic carbocycles. The number of anilines is 1. The SMILES string of the molecule is CCOc1ccc(NC(=NC)NCC(C)Oc2ccccc2OC)cc1OC.I. The van der Waals surface area contributed by atoms with Gasteiger partial charge >= 0.3 is 0 Å². The van der Waals surface area contributed by atoms with Crippen LogP contribution in [0.2, 0.25) is 0 Å². The van der Waals surface area contributed by atoms with Crippen LogP contribution in [-0.2, 0) is 0 Å². The molecule has 0 fully saturated rings. The minimum absolute atomic E-state index is 0. The van der Waals surface area contributed by atoms with Crippen LogP contribution in [0.1, 0.15) is 13.8 Å². The lowest BCUT2D eigenvalue weighted by Crippen LogP contribution is -2.37. The minimum atomic E-state index is -0.0929. The van der Waals surface area contributed by atoms with Crippen LogP contribution in [0.25, 0.3) is 0 Å². The van der Waals surface area contributed by atoms with Crippen LogP contribution in [-0.4, -0.2) is 46.5 Å². The molecule has 8 heteroatoms. The second-order valence-electron chi connectivity index (χ2n) is 5.96. The number of halogens is 1. The number of rotatable bonds is 9. The Hall–Kier alpha value is -2.36. The van der Waals surface area contributed by atoms with Gasteiger partial charge in [0.05, 0.1) is 27.4 Å². The molecule has 0 amide bonds. The summed E-state index contributed by atoms with van der Waals surface area (Å²) in [5.74, 6) is 3.41. The molecule has 0 radical (unpaired) electrons. The molecule has 7 nitrogen and oxygen atoms in total. The van der Waals surface area contributed by atoms with Crippen molar-refractivity contribution in [2.24, 2.45) is 4.99 Å². The molecule has 0 saturated heterocycles. The Morgan fingerprint density at radius 1 is 1.00 bits per heavy atom. The highest BCUT2D eigenvalue weighted by molar-refractivity contribution is 14.0. The smallest absolute Gasteiger partial charge is 0.195 e. The van der Waals surface area contributed by atoms with E-state index < -0.39 is 0 Å². The van der Waals surface area contributed by atoms with Gasteiger partial charge in [0.25, 0.3) is 0 Å². The van der Waals surface area contributed by atoms with Crippen LogP contribution < -0.4 is 29.6 Å². The molecule has 0 aliphatic heterocycles. The molecule has 0 heterocycles. The number of hydrogen-bond donors (Lipinski definition) is 2. The van der Waals surface area contributed by atoms with Crippen LogP contribution >= 0.6 is 24.0 Å². The zero-order valence-electron chi connectivity index (χ0n) is 17.5. The van der Waals surface area contributed by atoms with E-state index in [4.69, 9.17) is 18.9 Å². The van der Waals surface area contributed by atoms with E-state index in [1.54, 1.807) is 21.3 Å². The van der Waals surface area contributed by atoms with Crippen molar-refractivity contribution in [1.82, 2.24) is 5.32 Å². The van der Waals surface area contributed by atoms with Crippen LogP contribution in [0.3, 0.4) is 0 Å². The van der Waals surface area contributed by atoms with Crippen molar-refractivity contribution in [3.8, 4) is 23.0 Å². The Morgan fingerprint density at radius 2 is 1.69 bits per heavy atom. The molecule has 2 rings (SSSR count). The van der Waals surface area contributed by atoms with E-state index in [0.29, 0.717) is 42.1 Å². The third-order valence-corrected chi connectivity index (χ3v) is 3.90. The molecule has 2 aromatic rings. The monoisotopic (exact) mass is 515 g/mol. The molecule has 29 heavy (non-hydrogen) atoms. The van der Waals surface area contributed by atoms with Gasteiger partial charge in [-0.15, -0.1) is 24.0 Å². The van der Waals surface area contributed by atoms with Crippen LogP contribution in [0.5, 0.6) is 23.0 Å². The van der Waals surface area contributed by atoms with E-state index in [2.05, 4.69) is 15.6 Å². The average Bonchev–Trinajstić information content (AvgIpc) is 2.72. The standard InChI is InChI=1S/C21H29N3O4.HI/c1-6-27-18-12-11-16(13-20(18)26-5)24-21(22-3)23-14-15(2)28-19-10-8-7-9-17(19)25-4;/h7-13,15H,6,14H2,1-5H3,(H2,22,23,24);1H. The van der Waals surface area contributed by atoms with Gasteiger partial charge in [0.15, 0.2) is 29.0 Å². The molecule has 1 atom stereocenters. The summed E-state index contributed by atoms with van der Waals surface area (Å²) in [4.78, 5) is 4.25. The topological polar surface area (TPSA) is 73.3 Å². The predicted octanol–water partition coefficient (Wildman–Crippen LogP) is 4.18. The molecule has 0 aromatic heterocycles. The number of methoxy groups -OCH3 is 2. The van der Waals surface area contributed by atoms with Gasteiger partial charge in [-0.2, -0.15) is 0 Å². The zero-order valence-corrected chi connectivity index (χ0v) is 19.9. The third kappa shape index (κ3) is 7.52. The Balaban J connectivity index is 0.00000420. The summed E-state index contributed by atoms with van der Waals surface area (Å²) < 4.78 is 22.2. The Kier molecular flexibility index (Phi) is 11.0. The molecule has 1 unspecified atom stereocenters. The predicted molar refractivity (Wildman–Crippen MR) is 128 cm³/mol. The summed E-state index contributed by atoms with van der Waals surface area (Å²) >= 11 is 0. The second-order valence-corrected chi connectivity index (χ2v) is 5.96. The average molecular weight is 515 g/mol. The highest BCUT2D eigenvalue weighted by atomic mass is 127. The molecule has 0 spiro atoms. The van der Waals surface area contributed by atoms with E-state index in [-0.39, 0.29) is 30.1 Å². The first-order chi connectivity index (χ1) is 13.6. The summed E-state index contributed by atoms with van der Waals surface area (Å²) in [5, 5.41) is 6.49. The van der Waals surface area contributed by atoms with Crippen LogP contribution in [0, 0.1) is 0 Å². The molecule has 0 aliphatic rings. The maximum Gasteiger partial charge on any atom is 0.195 e. The molecular weight excluding hydrogens is 485 g/mol. The van der Waals surface area contributed by atoms with E-state index >= 15 is 0 Å². The van der Waals surface area contributed by atoms with Crippen LogP contribution in [0.15, 0.2) is 47.5 Å². The molecule has 2 N–H and O–H groups in total. The highest BCUT2D eigenvalue weighted by Gasteiger charge is 2.11. The Morgan fingerprint density at radius 3 is 2.31 bits per heavy atom. The summed E-state index contributed by atoms with van der Waals surface area (Å²) in [6.07, 6.45) is -0.0929. The van der Waals surface area contributed by atoms with Gasteiger partial charge in [0.1, 0.15) is 6.10 Å². The Bertz CT molecular complexity index is 786. The molecule has 0 saturated carbocycles. The summed E-state index contributed by atoms with van der Waals surface area (Å²) in [5.41, 5.74) is 0.840. The van der Waals surface area contributed by atoms with Crippen molar-refractivity contribution in [1.29, 1.82) is 0 Å². The van der Waals surface area contributed by atoms with Crippen molar-refractivity contribution in [3.05, 3.63) is 42.5 Å². The van der Waals surface area contributed by atoms with Gasteiger partial charge in [-0.05, 0) is 38.1 Å². The van der Waals surface area contributed by atoms with E-state index in [1.165, 1.54) is 0 Å². The summed E-state index contributed by atoms with van der Waals surface area (Å²) in [6.45, 7) is 5.06. The maximum absolute atomic E-state index is 5.95. The van der Waals surface area contributed by atoms with E-state index in [0.717, 1.165) is 5.69 Å². The number of nitrogens with zero attached hydrogens (tertiary/aromatic N) is 1. The summed E-state index contributed by atoms with van der Waals surface area (Å²) in [7, 11) is 4.96. The number of aliphatic imine (C=N–C) groups is 1. The van der Waals surface area contributed by atoms with E-state index in [1.807, 2.05) is 56.3 Å². The fourth-order valence-electron chi connectivity index (χ4n) is 2.55. The number of para-hydroxylation sites is 2. The summed E-state index contributed by atoms with van der Waals surface area (Å²) in [6, 6.07) is 13.2. The van der Waals surface area contributed by atoms with Gasteiger partial charge in [-0.1, -0.05) is 12.1 Å². The lowest BCUT2D eigenvalue weighted by molar-refractivity contribution is 0.214. The molecule has 160 valence electrons. The van der Waals surface area contributed by atoms with Gasteiger partial charge in [-0.3, -0.25) is 4.99 Å². The quantitative estimate of drug-likeness (QED) is 0.297. The lowest BCUT2D eigenvalue weighted by atomic mass is 10.2. The van der Waals surface area contributed by atoms with Crippen molar-refractivity contribution < 1.29 is 18.9 Å². The number of guanidine groups is 1. The number of nitrogens with one attached hydrogen (secondary N) is 2. The Labute approximate surface area is 189 Å². The fourth-order valence-corrected chi connectivity index (χ4v) is 2.55. The first kappa shape index (κ1) is 24.7. The van der Waals surface area contributed by atoms with Crippen molar-refractivity contribution in [3.63, 3.8) is 0 Å². The highest BCUT2D eigenvalue weighted by Crippen LogP contribution is 2.30. The first-order valence-corrected chi connectivity index (χ1v) is 9.19. The van der Waals surface area contributed by atoms with Gasteiger partial charge < -0.3 is 29.6 Å². The van der Waals surface area contributed by atoms with Gasteiger partial charge in [0, 0.05) is 18.8 Å². The molecular formula is C21H30IN3O4. The normalized spacial score (nSPS) is 11.7. The first-order valence-electron chi connectivity index (χ1n) is 9.19. The largest absolute Gasteiger partial charge is 0.493 e. The third-order valence-electron chi connectivity index (χ3n) is 3.90. The zero-order chi connectivity index (χ0) is 20.4. The van der Waals surface area contributed by atoms with Gasteiger partial charge in [0.2, 0.25) is 0 Å². The van der Waals surface area contributed by atoms with Crippen molar-refractivity contribution in [2.45, 2.75) is 20.0 Å².